The van der Waals surface area contributed by atoms with Gasteiger partial charge in [-0.15, -0.1) is 0 Å². The summed E-state index contributed by atoms with van der Waals surface area (Å²) >= 11 is 0. The molecule has 1 N–H and O–H groups in total. The summed E-state index contributed by atoms with van der Waals surface area (Å²) in [5.74, 6) is -1.90. The molecule has 9 heteroatoms. The van der Waals surface area contributed by atoms with Gasteiger partial charge in [-0.1, -0.05) is 6.07 Å². The molecule has 1 aromatic heterocycles. The number of nitrogens with zero attached hydrogens (tertiary/aromatic N) is 2. The minimum atomic E-state index is -4.41. The standard InChI is InChI=1S/C12H8FN3O4S/c1-7-11(15-6-20-7)12(17)16-21(18,19)10-4-2-3-9(13)8(10)5-14/h2-4,6H,1H3,(H,16,17). The number of sulfonamides is 1. The van der Waals surface area contributed by atoms with Gasteiger partial charge in [-0.2, -0.15) is 5.26 Å². The molecule has 2 aromatic rings. The average Bonchev–Trinajstić information content (AvgIpc) is 2.84. The summed E-state index contributed by atoms with van der Waals surface area (Å²) in [5.41, 5.74) is -0.886. The summed E-state index contributed by atoms with van der Waals surface area (Å²) in [7, 11) is -4.41. The largest absolute Gasteiger partial charge is 0.448 e. The predicted molar refractivity (Wildman–Crippen MR) is 67.0 cm³/mol. The molecule has 0 saturated heterocycles. The van der Waals surface area contributed by atoms with Gasteiger partial charge in [0.1, 0.15) is 28.1 Å². The van der Waals surface area contributed by atoms with Crippen molar-refractivity contribution in [2.24, 2.45) is 0 Å². The van der Waals surface area contributed by atoms with E-state index in [1.54, 1.807) is 4.72 Å². The van der Waals surface area contributed by atoms with Gasteiger partial charge < -0.3 is 4.42 Å². The van der Waals surface area contributed by atoms with Gasteiger partial charge in [-0.3, -0.25) is 4.79 Å². The van der Waals surface area contributed by atoms with Gasteiger partial charge in [-0.05, 0) is 19.1 Å². The lowest BCUT2D eigenvalue weighted by Crippen LogP contribution is -2.31. The van der Waals surface area contributed by atoms with Crippen LogP contribution in [0.5, 0.6) is 0 Å². The topological polar surface area (TPSA) is 113 Å². The van der Waals surface area contributed by atoms with E-state index in [0.717, 1.165) is 24.6 Å². The zero-order chi connectivity index (χ0) is 15.6. The number of hydrogen-bond donors (Lipinski definition) is 1. The third-order valence-electron chi connectivity index (χ3n) is 2.56. The minimum Gasteiger partial charge on any atom is -0.448 e. The van der Waals surface area contributed by atoms with Crippen LogP contribution in [0.3, 0.4) is 0 Å². The predicted octanol–water partition coefficient (Wildman–Crippen LogP) is 1.11. The zero-order valence-corrected chi connectivity index (χ0v) is 11.4. The number of aromatic nitrogens is 1. The van der Waals surface area contributed by atoms with E-state index >= 15 is 0 Å². The third kappa shape index (κ3) is 2.75. The molecule has 1 heterocycles. The van der Waals surface area contributed by atoms with Gasteiger partial charge in [0.2, 0.25) is 0 Å². The van der Waals surface area contributed by atoms with Crippen LogP contribution in [0.25, 0.3) is 0 Å². The van der Waals surface area contributed by atoms with Crippen LogP contribution in [0.2, 0.25) is 0 Å². The molecule has 0 bridgehead atoms. The molecule has 0 atom stereocenters. The quantitative estimate of drug-likeness (QED) is 0.908. The lowest BCUT2D eigenvalue weighted by molar-refractivity contribution is 0.0975. The normalized spacial score (nSPS) is 10.9. The average molecular weight is 309 g/mol. The monoisotopic (exact) mass is 309 g/mol. The molecule has 21 heavy (non-hydrogen) atoms. The van der Waals surface area contributed by atoms with Crippen molar-refractivity contribution < 1.29 is 22.0 Å². The number of rotatable bonds is 3. The number of hydrogen-bond acceptors (Lipinski definition) is 6. The summed E-state index contributed by atoms with van der Waals surface area (Å²) < 4.78 is 44.1. The molecule has 0 spiro atoms. The second-order valence-electron chi connectivity index (χ2n) is 3.92. The second-order valence-corrected chi connectivity index (χ2v) is 5.57. The molecular formula is C12H8FN3O4S. The molecule has 0 saturated carbocycles. The molecule has 0 radical (unpaired) electrons. The zero-order valence-electron chi connectivity index (χ0n) is 10.6. The van der Waals surface area contributed by atoms with Crippen LogP contribution in [-0.2, 0) is 10.0 Å². The Morgan fingerprint density at radius 3 is 2.76 bits per heavy atom. The summed E-state index contributed by atoms with van der Waals surface area (Å²) in [6.07, 6.45) is 0.986. The van der Waals surface area contributed by atoms with E-state index in [4.69, 9.17) is 9.68 Å². The number of carbonyl (C=O) groups is 1. The van der Waals surface area contributed by atoms with E-state index in [0.29, 0.717) is 0 Å². The van der Waals surface area contributed by atoms with Gasteiger partial charge in [-0.25, -0.2) is 22.5 Å². The van der Waals surface area contributed by atoms with E-state index in [1.807, 2.05) is 0 Å². The number of halogens is 1. The maximum atomic E-state index is 13.4. The van der Waals surface area contributed by atoms with Crippen LogP contribution in [-0.4, -0.2) is 19.3 Å². The summed E-state index contributed by atoms with van der Waals surface area (Å²) in [5, 5.41) is 8.83. The Morgan fingerprint density at radius 1 is 1.48 bits per heavy atom. The fraction of sp³-hybridized carbons (Fsp3) is 0.0833. The highest BCUT2D eigenvalue weighted by molar-refractivity contribution is 7.90. The van der Waals surface area contributed by atoms with Crippen LogP contribution in [0.4, 0.5) is 4.39 Å². The molecule has 108 valence electrons. The highest BCUT2D eigenvalue weighted by Crippen LogP contribution is 2.18. The molecule has 2 rings (SSSR count). The Labute approximate surface area is 119 Å². The number of carbonyl (C=O) groups excluding carboxylic acids is 1. The van der Waals surface area contributed by atoms with Crippen LogP contribution in [0.1, 0.15) is 21.8 Å². The van der Waals surface area contributed by atoms with Crippen LogP contribution >= 0.6 is 0 Å². The molecule has 7 nitrogen and oxygen atoms in total. The Morgan fingerprint density at radius 2 is 2.19 bits per heavy atom. The first-order valence-corrected chi connectivity index (χ1v) is 7.01. The van der Waals surface area contributed by atoms with Crippen molar-refractivity contribution in [3.05, 3.63) is 47.4 Å². The Balaban J connectivity index is 2.41. The highest BCUT2D eigenvalue weighted by atomic mass is 32.2. The van der Waals surface area contributed by atoms with Gasteiger partial charge in [0, 0.05) is 0 Å². The first-order valence-electron chi connectivity index (χ1n) is 5.52. The number of nitrogens with one attached hydrogen (secondary N) is 1. The maximum Gasteiger partial charge on any atom is 0.287 e. The minimum absolute atomic E-state index is 0.127. The van der Waals surface area contributed by atoms with Crippen LogP contribution < -0.4 is 4.72 Å². The second kappa shape index (κ2) is 5.34. The Kier molecular flexibility index (Phi) is 3.73. The maximum absolute atomic E-state index is 13.4. The van der Waals surface area contributed by atoms with E-state index in [-0.39, 0.29) is 11.5 Å². The third-order valence-corrected chi connectivity index (χ3v) is 3.94. The van der Waals surface area contributed by atoms with Crippen molar-refractivity contribution in [3.8, 4) is 6.07 Å². The molecule has 1 amide bonds. The fourth-order valence-electron chi connectivity index (χ4n) is 1.59. The molecule has 0 fully saturated rings. The summed E-state index contributed by atoms with van der Waals surface area (Å²) in [6.45, 7) is 1.43. The molecule has 0 aliphatic heterocycles. The highest BCUT2D eigenvalue weighted by Gasteiger charge is 2.25. The first kappa shape index (κ1) is 14.7. The molecule has 0 aliphatic carbocycles. The van der Waals surface area contributed by atoms with Crippen molar-refractivity contribution in [2.45, 2.75) is 11.8 Å². The summed E-state index contributed by atoms with van der Waals surface area (Å²) in [6, 6.07) is 4.54. The first-order chi connectivity index (χ1) is 9.86. The van der Waals surface area contributed by atoms with Crippen molar-refractivity contribution >= 4 is 15.9 Å². The summed E-state index contributed by atoms with van der Waals surface area (Å²) in [4.78, 5) is 14.8. The number of oxazole rings is 1. The molecule has 0 aliphatic rings. The lowest BCUT2D eigenvalue weighted by atomic mass is 10.2. The van der Waals surface area contributed by atoms with E-state index in [1.165, 1.54) is 13.0 Å². The smallest absolute Gasteiger partial charge is 0.287 e. The fourth-order valence-corrected chi connectivity index (χ4v) is 2.71. The van der Waals surface area contributed by atoms with Gasteiger partial charge >= 0.3 is 0 Å². The molecular weight excluding hydrogens is 301 g/mol. The number of amides is 1. The van der Waals surface area contributed by atoms with Crippen LogP contribution in [0.15, 0.2) is 33.9 Å². The molecule has 1 aromatic carbocycles. The van der Waals surface area contributed by atoms with Crippen molar-refractivity contribution in [2.75, 3.05) is 0 Å². The molecule has 0 unspecified atom stereocenters. The van der Waals surface area contributed by atoms with Gasteiger partial charge in [0.15, 0.2) is 12.1 Å². The Hall–Kier alpha value is -2.73. The van der Waals surface area contributed by atoms with E-state index in [2.05, 4.69) is 4.98 Å². The van der Waals surface area contributed by atoms with Crippen molar-refractivity contribution in [1.29, 1.82) is 5.26 Å². The Bertz CT molecular complexity index is 852. The van der Waals surface area contributed by atoms with Crippen molar-refractivity contribution in [3.63, 3.8) is 0 Å². The van der Waals surface area contributed by atoms with E-state index < -0.39 is 32.2 Å². The van der Waals surface area contributed by atoms with Crippen molar-refractivity contribution in [1.82, 2.24) is 9.71 Å². The van der Waals surface area contributed by atoms with Gasteiger partial charge in [0.25, 0.3) is 15.9 Å². The van der Waals surface area contributed by atoms with Gasteiger partial charge in [0.05, 0.1) is 0 Å². The number of aryl methyl sites for hydroxylation is 1. The number of benzene rings is 1. The van der Waals surface area contributed by atoms with E-state index in [9.17, 15) is 17.6 Å². The number of nitriles is 1. The SMILES string of the molecule is Cc1ocnc1C(=O)NS(=O)(=O)c1cccc(F)c1C#N. The van der Waals surface area contributed by atoms with Crippen LogP contribution in [0, 0.1) is 24.1 Å². The lowest BCUT2D eigenvalue weighted by Gasteiger charge is -2.07.